The van der Waals surface area contributed by atoms with E-state index < -0.39 is 0 Å². The Kier molecular flexibility index (Phi) is 7.03. The summed E-state index contributed by atoms with van der Waals surface area (Å²) < 4.78 is 22.0. The van der Waals surface area contributed by atoms with Gasteiger partial charge in [0.05, 0.1) is 0 Å². The number of epoxide rings is 1. The summed E-state index contributed by atoms with van der Waals surface area (Å²) in [5.74, 6) is 0. The van der Waals surface area contributed by atoms with Crippen molar-refractivity contribution in [2.75, 3.05) is 34.0 Å². The Morgan fingerprint density at radius 2 is 2.14 bits per heavy atom. The summed E-state index contributed by atoms with van der Waals surface area (Å²) in [5.41, 5.74) is 0. The monoisotopic (exact) mass is 238 g/mol. The number of ether oxygens (including phenoxy) is 4. The van der Waals surface area contributed by atoms with Crippen molar-refractivity contribution in [3.8, 4) is 0 Å². The normalized spacial score (nSPS) is 20.1. The van der Waals surface area contributed by atoms with Crippen LogP contribution < -0.4 is 0 Å². The summed E-state index contributed by atoms with van der Waals surface area (Å²) in [5, 5.41) is 0. The molecule has 1 fully saturated rings. The minimum atomic E-state index is -0.143. The van der Waals surface area contributed by atoms with Crippen molar-refractivity contribution in [1.82, 2.24) is 0 Å². The van der Waals surface area contributed by atoms with Gasteiger partial charge in [-0.25, -0.2) is 0 Å². The molecule has 0 saturated carbocycles. The van der Waals surface area contributed by atoms with Gasteiger partial charge in [0.15, 0.2) is 0 Å². The molecule has 82 valence electrons. The molecule has 0 N–H and O–H groups in total. The summed E-state index contributed by atoms with van der Waals surface area (Å²) in [4.78, 5) is 0. The van der Waals surface area contributed by atoms with Gasteiger partial charge in [0, 0.05) is 0 Å². The van der Waals surface area contributed by atoms with Crippen LogP contribution in [0.3, 0.4) is 0 Å². The van der Waals surface area contributed by atoms with Crippen LogP contribution in [0.15, 0.2) is 0 Å². The first-order valence-electron chi connectivity index (χ1n) is 4.85. The first-order chi connectivity index (χ1) is 6.86. The molecule has 0 aromatic carbocycles. The maximum atomic E-state index is 5.42. The van der Waals surface area contributed by atoms with E-state index in [0.717, 1.165) is 26.2 Å². The number of methoxy groups -OCH3 is 2. The average molecular weight is 238 g/mol. The van der Waals surface area contributed by atoms with Crippen LogP contribution in [0, 0.1) is 0 Å². The number of rotatable bonds is 9. The van der Waals surface area contributed by atoms with E-state index in [-0.39, 0.29) is 23.7 Å². The molecule has 0 aromatic heterocycles. The fraction of sp³-hybridized carbons (Fsp3) is 1.00. The molecule has 1 rings (SSSR count). The van der Waals surface area contributed by atoms with Gasteiger partial charge in [-0.3, -0.25) is 0 Å². The Balaban J connectivity index is 1.78. The number of hydrogen-bond donors (Lipinski definition) is 0. The molecule has 1 atom stereocenters. The Morgan fingerprint density at radius 1 is 1.43 bits per heavy atom. The Morgan fingerprint density at radius 3 is 2.71 bits per heavy atom. The molecule has 1 unspecified atom stereocenters. The molecule has 0 amide bonds. The fourth-order valence-corrected chi connectivity index (χ4v) is 2.47. The van der Waals surface area contributed by atoms with Crippen molar-refractivity contribution in [1.29, 1.82) is 0 Å². The van der Waals surface area contributed by atoms with Crippen molar-refractivity contribution in [3.05, 3.63) is 0 Å². The molecule has 4 nitrogen and oxygen atoms in total. The Labute approximate surface area is 94.2 Å². The summed E-state index contributed by atoms with van der Waals surface area (Å²) in [6, 6.07) is 0. The van der Waals surface area contributed by atoms with Crippen molar-refractivity contribution in [2.24, 2.45) is 0 Å². The second kappa shape index (κ2) is 7.80. The SMILES string of the molecule is CO[CH](OC)[Ti][CH2]CCOCC1CO1. The minimum absolute atomic E-state index is 0.0572. The van der Waals surface area contributed by atoms with E-state index in [1.54, 1.807) is 14.2 Å². The maximum absolute atomic E-state index is 5.42. The second-order valence-electron chi connectivity index (χ2n) is 3.14. The molecule has 0 radical (unpaired) electrons. The summed E-state index contributed by atoms with van der Waals surface area (Å²) >= 11 is -0.143. The van der Waals surface area contributed by atoms with Gasteiger partial charge in [0.1, 0.15) is 0 Å². The molecule has 0 aromatic rings. The van der Waals surface area contributed by atoms with Gasteiger partial charge >= 0.3 is 94.0 Å². The van der Waals surface area contributed by atoms with Crippen molar-refractivity contribution < 1.29 is 38.1 Å². The molecule has 0 spiro atoms. The van der Waals surface area contributed by atoms with E-state index in [1.165, 1.54) is 4.73 Å². The van der Waals surface area contributed by atoms with Crippen LogP contribution in [0.4, 0.5) is 0 Å². The topological polar surface area (TPSA) is 40.2 Å². The van der Waals surface area contributed by atoms with E-state index in [9.17, 15) is 0 Å². The van der Waals surface area contributed by atoms with E-state index >= 15 is 0 Å². The van der Waals surface area contributed by atoms with Crippen molar-refractivity contribution in [2.45, 2.75) is 21.8 Å². The van der Waals surface area contributed by atoms with E-state index in [0.29, 0.717) is 6.10 Å². The average Bonchev–Trinajstić information content (AvgIpc) is 3.01. The predicted molar refractivity (Wildman–Crippen MR) is 47.8 cm³/mol. The zero-order valence-corrected chi connectivity index (χ0v) is 10.4. The van der Waals surface area contributed by atoms with Gasteiger partial charge in [0.2, 0.25) is 0 Å². The molecule has 5 heteroatoms. The van der Waals surface area contributed by atoms with Crippen LogP contribution in [-0.4, -0.2) is 44.7 Å². The zero-order valence-electron chi connectivity index (χ0n) is 8.82. The van der Waals surface area contributed by atoms with Gasteiger partial charge in [-0.15, -0.1) is 0 Å². The van der Waals surface area contributed by atoms with Crippen LogP contribution in [0.2, 0.25) is 4.73 Å². The predicted octanol–water partition coefficient (Wildman–Crippen LogP) is 0.869. The standard InChI is InChI=1S/C6H11O2.C3H7O2.Ti/c1-2-3-7-4-6-5-8-6;1-4-3-5-2;/h6H,1-5H2;3H,1-2H3;. The van der Waals surface area contributed by atoms with Crippen molar-refractivity contribution in [3.63, 3.8) is 0 Å². The molecular formula is C9H18O4Ti. The van der Waals surface area contributed by atoms with Crippen molar-refractivity contribution >= 4 is 0 Å². The molecule has 14 heavy (non-hydrogen) atoms. The van der Waals surface area contributed by atoms with Gasteiger partial charge in [-0.1, -0.05) is 0 Å². The fourth-order valence-electron chi connectivity index (χ4n) is 1.04. The van der Waals surface area contributed by atoms with Crippen LogP contribution >= 0.6 is 0 Å². The second-order valence-corrected chi connectivity index (χ2v) is 5.30. The molecule has 0 aliphatic carbocycles. The first-order valence-corrected chi connectivity index (χ1v) is 6.85. The third-order valence-corrected chi connectivity index (χ3v) is 4.17. The molecule has 0 bridgehead atoms. The van der Waals surface area contributed by atoms with Gasteiger partial charge in [-0.2, -0.15) is 0 Å². The van der Waals surface area contributed by atoms with Crippen LogP contribution in [0.5, 0.6) is 0 Å². The summed E-state index contributed by atoms with van der Waals surface area (Å²) in [6.07, 6.45) is 1.49. The van der Waals surface area contributed by atoms with Crippen LogP contribution in [0.1, 0.15) is 6.42 Å². The quantitative estimate of drug-likeness (QED) is 0.258. The summed E-state index contributed by atoms with van der Waals surface area (Å²) in [7, 11) is 3.39. The molecule has 1 heterocycles. The Bertz CT molecular complexity index is 137. The van der Waals surface area contributed by atoms with E-state index in [2.05, 4.69) is 0 Å². The first kappa shape index (κ1) is 12.6. The van der Waals surface area contributed by atoms with Gasteiger partial charge in [-0.05, 0) is 0 Å². The van der Waals surface area contributed by atoms with Crippen LogP contribution in [-0.2, 0) is 38.1 Å². The third kappa shape index (κ3) is 6.12. The zero-order chi connectivity index (χ0) is 10.2. The Hall–Kier alpha value is 0.554. The molecule has 1 aliphatic heterocycles. The van der Waals surface area contributed by atoms with E-state index in [4.69, 9.17) is 18.9 Å². The third-order valence-electron chi connectivity index (χ3n) is 1.91. The molecular weight excluding hydrogens is 220 g/mol. The van der Waals surface area contributed by atoms with E-state index in [1.807, 2.05) is 0 Å². The molecule has 1 aliphatic rings. The van der Waals surface area contributed by atoms with Gasteiger partial charge < -0.3 is 0 Å². The number of hydrogen-bond acceptors (Lipinski definition) is 4. The summed E-state index contributed by atoms with van der Waals surface area (Å²) in [6.45, 7) is 2.48. The molecule has 1 saturated heterocycles. The van der Waals surface area contributed by atoms with Crippen LogP contribution in [0.25, 0.3) is 0 Å². The van der Waals surface area contributed by atoms with Gasteiger partial charge in [0.25, 0.3) is 0 Å².